The molecule has 4 heteroatoms. The Labute approximate surface area is 314 Å². The fraction of sp³-hybridized carbons (Fsp3) is 0. The highest BCUT2D eigenvalue weighted by Crippen LogP contribution is 2.44. The van der Waals surface area contributed by atoms with E-state index in [-0.39, 0.29) is 0 Å². The molecule has 53 heavy (non-hydrogen) atoms. The van der Waals surface area contributed by atoms with Gasteiger partial charge in [0.25, 0.3) is 0 Å². The van der Waals surface area contributed by atoms with Gasteiger partial charge in [-0.3, -0.25) is 4.98 Å². The van der Waals surface area contributed by atoms with Crippen molar-refractivity contribution in [3.8, 4) is 22.4 Å². The third kappa shape index (κ3) is 5.02. The van der Waals surface area contributed by atoms with Crippen molar-refractivity contribution in [2.45, 2.75) is 0 Å². The number of thiophene rings is 2. The van der Waals surface area contributed by atoms with Gasteiger partial charge in [0.05, 0.1) is 5.69 Å². The summed E-state index contributed by atoms with van der Waals surface area (Å²) >= 11 is 3.77. The molecule has 0 spiro atoms. The molecule has 11 rings (SSSR count). The Morgan fingerprint density at radius 1 is 0.358 bits per heavy atom. The molecule has 0 bridgehead atoms. The van der Waals surface area contributed by atoms with Crippen molar-refractivity contribution in [2.75, 3.05) is 4.90 Å². The number of aromatic nitrogens is 1. The fourth-order valence-electron chi connectivity index (χ4n) is 7.88. The number of hydrogen-bond acceptors (Lipinski definition) is 4. The first-order valence-corrected chi connectivity index (χ1v) is 19.5. The standard InChI is InChI=1S/C49H30N2S2/c1-3-10-46-39(7-1)41-26-20-33-18-24-37(29-43(33)48(41)52-46)51(36-22-16-32(17-23-36)31-12-14-35(15-13-31)45-9-5-6-28-50-45)38-25-19-34-21-27-42-40-8-2-4-11-47(40)53-49(42)44(34)30-38/h1-30H. The molecule has 0 saturated carbocycles. The monoisotopic (exact) mass is 710 g/mol. The molecule has 3 heterocycles. The second kappa shape index (κ2) is 12.1. The molecule has 0 unspecified atom stereocenters. The lowest BCUT2D eigenvalue weighted by atomic mass is 10.0. The van der Waals surface area contributed by atoms with Crippen LogP contribution in [-0.2, 0) is 0 Å². The predicted octanol–water partition coefficient (Wildman–Crippen LogP) is 14.9. The topological polar surface area (TPSA) is 16.1 Å². The van der Waals surface area contributed by atoms with Gasteiger partial charge in [0, 0.05) is 79.9 Å². The minimum atomic E-state index is 0.983. The van der Waals surface area contributed by atoms with E-state index in [9.17, 15) is 0 Å². The highest BCUT2D eigenvalue weighted by Gasteiger charge is 2.17. The normalized spacial score (nSPS) is 11.8. The van der Waals surface area contributed by atoms with E-state index in [0.717, 1.165) is 28.3 Å². The zero-order chi connectivity index (χ0) is 34.9. The maximum Gasteiger partial charge on any atom is 0.0701 e. The minimum absolute atomic E-state index is 0.983. The number of fused-ring (bicyclic) bond motifs is 10. The van der Waals surface area contributed by atoms with Crippen LogP contribution in [0, 0.1) is 0 Å². The van der Waals surface area contributed by atoms with E-state index in [4.69, 9.17) is 0 Å². The summed E-state index contributed by atoms with van der Waals surface area (Å²) in [6.07, 6.45) is 1.84. The average Bonchev–Trinajstić information content (AvgIpc) is 3.81. The average molecular weight is 711 g/mol. The molecule has 0 radical (unpaired) electrons. The predicted molar refractivity (Wildman–Crippen MR) is 231 cm³/mol. The van der Waals surface area contributed by atoms with E-state index in [1.807, 2.05) is 41.0 Å². The van der Waals surface area contributed by atoms with E-state index in [2.05, 4.69) is 174 Å². The maximum atomic E-state index is 4.53. The lowest BCUT2D eigenvalue weighted by Crippen LogP contribution is -2.10. The van der Waals surface area contributed by atoms with Gasteiger partial charge in [-0.25, -0.2) is 0 Å². The molecule has 0 amide bonds. The highest BCUT2D eigenvalue weighted by molar-refractivity contribution is 7.27. The molecule has 8 aromatic carbocycles. The minimum Gasteiger partial charge on any atom is -0.310 e. The molecule has 11 aromatic rings. The molecule has 2 nitrogen and oxygen atoms in total. The summed E-state index contributed by atoms with van der Waals surface area (Å²) in [7, 11) is 0. The van der Waals surface area contributed by atoms with Crippen molar-refractivity contribution < 1.29 is 0 Å². The van der Waals surface area contributed by atoms with Crippen molar-refractivity contribution in [1.29, 1.82) is 0 Å². The number of benzene rings is 8. The Hall–Kier alpha value is -6.33. The van der Waals surface area contributed by atoms with Gasteiger partial charge < -0.3 is 4.90 Å². The van der Waals surface area contributed by atoms with E-state index in [0.29, 0.717) is 0 Å². The Morgan fingerprint density at radius 3 is 1.38 bits per heavy atom. The van der Waals surface area contributed by atoms with E-state index in [1.165, 1.54) is 73.0 Å². The summed E-state index contributed by atoms with van der Waals surface area (Å²) in [6.45, 7) is 0. The van der Waals surface area contributed by atoms with Gasteiger partial charge in [-0.1, -0.05) is 115 Å². The van der Waals surface area contributed by atoms with Gasteiger partial charge in [-0.2, -0.15) is 0 Å². The molecule has 0 saturated heterocycles. The first-order valence-electron chi connectivity index (χ1n) is 17.9. The van der Waals surface area contributed by atoms with Crippen LogP contribution < -0.4 is 4.90 Å². The Balaban J connectivity index is 1.08. The number of rotatable bonds is 5. The quantitative estimate of drug-likeness (QED) is 0.177. The Morgan fingerprint density at radius 2 is 0.830 bits per heavy atom. The summed E-state index contributed by atoms with van der Waals surface area (Å²) in [5.74, 6) is 0. The van der Waals surface area contributed by atoms with Crippen LogP contribution in [0.15, 0.2) is 182 Å². The largest absolute Gasteiger partial charge is 0.310 e. The van der Waals surface area contributed by atoms with Gasteiger partial charge in [0.1, 0.15) is 0 Å². The van der Waals surface area contributed by atoms with Crippen molar-refractivity contribution in [3.63, 3.8) is 0 Å². The molecule has 0 atom stereocenters. The highest BCUT2D eigenvalue weighted by atomic mass is 32.1. The third-order valence-electron chi connectivity index (χ3n) is 10.5. The van der Waals surface area contributed by atoms with Crippen LogP contribution in [0.2, 0.25) is 0 Å². The number of anilines is 3. The van der Waals surface area contributed by atoms with E-state index >= 15 is 0 Å². The molecule has 248 valence electrons. The summed E-state index contributed by atoms with van der Waals surface area (Å²) in [4.78, 5) is 6.95. The first kappa shape index (κ1) is 30.3. The summed E-state index contributed by atoms with van der Waals surface area (Å²) in [5.41, 5.74) is 7.85. The van der Waals surface area contributed by atoms with Crippen LogP contribution in [0.3, 0.4) is 0 Å². The molecular weight excluding hydrogens is 681 g/mol. The van der Waals surface area contributed by atoms with Gasteiger partial charge in [-0.15, -0.1) is 22.7 Å². The van der Waals surface area contributed by atoms with Crippen molar-refractivity contribution in [3.05, 3.63) is 182 Å². The Kier molecular flexibility index (Phi) is 6.94. The second-order valence-electron chi connectivity index (χ2n) is 13.6. The van der Waals surface area contributed by atoms with Crippen LogP contribution >= 0.6 is 22.7 Å². The summed E-state index contributed by atoms with van der Waals surface area (Å²) in [5, 5.41) is 10.3. The molecule has 0 aliphatic heterocycles. The SMILES string of the molecule is c1ccc(-c2ccc(-c3ccc(N(c4ccc5ccc6c7ccccc7sc6c5c4)c4ccc5ccc6c7ccccc7sc6c5c4)cc3)cc2)nc1. The summed E-state index contributed by atoms with van der Waals surface area (Å²) < 4.78 is 5.31. The zero-order valence-corrected chi connectivity index (χ0v) is 30.2. The van der Waals surface area contributed by atoms with Crippen molar-refractivity contribution >= 4 is 102 Å². The smallest absolute Gasteiger partial charge is 0.0701 e. The van der Waals surface area contributed by atoms with Crippen molar-refractivity contribution in [1.82, 2.24) is 4.98 Å². The van der Waals surface area contributed by atoms with E-state index < -0.39 is 0 Å². The van der Waals surface area contributed by atoms with Crippen LogP contribution in [-0.4, -0.2) is 4.98 Å². The summed E-state index contributed by atoms with van der Waals surface area (Å²) in [6, 6.07) is 64.3. The van der Waals surface area contributed by atoms with Gasteiger partial charge in [0.2, 0.25) is 0 Å². The fourth-order valence-corrected chi connectivity index (χ4v) is 10.3. The van der Waals surface area contributed by atoms with Crippen LogP contribution in [0.1, 0.15) is 0 Å². The second-order valence-corrected chi connectivity index (χ2v) is 15.7. The van der Waals surface area contributed by atoms with Gasteiger partial charge in [-0.05, 0) is 82.6 Å². The molecular formula is C49H30N2S2. The zero-order valence-electron chi connectivity index (χ0n) is 28.5. The van der Waals surface area contributed by atoms with E-state index in [1.54, 1.807) is 0 Å². The maximum absolute atomic E-state index is 4.53. The van der Waals surface area contributed by atoms with Crippen LogP contribution in [0.25, 0.3) is 84.3 Å². The lowest BCUT2D eigenvalue weighted by molar-refractivity contribution is 1.30. The first-order chi connectivity index (χ1) is 26.2. The Bertz CT molecular complexity index is 3000. The van der Waals surface area contributed by atoms with Crippen molar-refractivity contribution in [2.24, 2.45) is 0 Å². The number of nitrogens with zero attached hydrogens (tertiary/aromatic N) is 2. The molecule has 0 N–H and O–H groups in total. The molecule has 3 aromatic heterocycles. The third-order valence-corrected chi connectivity index (χ3v) is 13.0. The van der Waals surface area contributed by atoms with Gasteiger partial charge in [0.15, 0.2) is 0 Å². The van der Waals surface area contributed by atoms with Crippen LogP contribution in [0.4, 0.5) is 17.1 Å². The molecule has 0 aliphatic rings. The van der Waals surface area contributed by atoms with Crippen LogP contribution in [0.5, 0.6) is 0 Å². The number of hydrogen-bond donors (Lipinski definition) is 0. The number of pyridine rings is 1. The lowest BCUT2D eigenvalue weighted by Gasteiger charge is -2.26. The van der Waals surface area contributed by atoms with Gasteiger partial charge >= 0.3 is 0 Å². The molecule has 0 fully saturated rings. The molecule has 0 aliphatic carbocycles.